The molecule has 2 amide bonds. The van der Waals surface area contributed by atoms with Gasteiger partial charge < -0.3 is 19.3 Å². The molecule has 11 nitrogen and oxygen atoms in total. The zero-order valence-corrected chi connectivity index (χ0v) is 21.1. The summed E-state index contributed by atoms with van der Waals surface area (Å²) in [7, 11) is -4.40. The van der Waals surface area contributed by atoms with Crippen LogP contribution < -0.4 is 34.9 Å². The Morgan fingerprint density at radius 2 is 1.62 bits per heavy atom. The molecule has 174 valence electrons. The maximum Gasteiger partial charge on any atom is 1.00 e. The molecule has 0 aliphatic carbocycles. The molecule has 1 N–H and O–H groups in total. The predicted molar refractivity (Wildman–Crippen MR) is 110 cm³/mol. The van der Waals surface area contributed by atoms with Crippen molar-refractivity contribution >= 4 is 34.1 Å². The van der Waals surface area contributed by atoms with Crippen LogP contribution in [0, 0.1) is 0 Å². The van der Waals surface area contributed by atoms with Crippen LogP contribution in [0.15, 0.2) is 60.7 Å². The molecule has 2 aromatic rings. The van der Waals surface area contributed by atoms with Crippen LogP contribution >= 0.6 is 0 Å². The molecule has 34 heavy (non-hydrogen) atoms. The Bertz CT molecular complexity index is 1160. The van der Waals surface area contributed by atoms with E-state index in [9.17, 15) is 32.1 Å². The number of nitrogens with one attached hydrogen (secondary N) is 1. The van der Waals surface area contributed by atoms with Crippen molar-refractivity contribution in [3.8, 4) is 0 Å². The van der Waals surface area contributed by atoms with E-state index in [0.29, 0.717) is 5.56 Å². The molecule has 3 rings (SSSR count). The van der Waals surface area contributed by atoms with Crippen molar-refractivity contribution in [2.45, 2.75) is 24.6 Å². The Morgan fingerprint density at radius 1 is 1.06 bits per heavy atom. The summed E-state index contributed by atoms with van der Waals surface area (Å²) < 4.78 is 43.5. The van der Waals surface area contributed by atoms with E-state index in [-0.39, 0.29) is 46.0 Å². The normalized spacial score (nSPS) is 18.1. The van der Waals surface area contributed by atoms with E-state index >= 15 is 0 Å². The minimum absolute atomic E-state index is 0. The molecule has 1 saturated heterocycles. The van der Waals surface area contributed by atoms with Gasteiger partial charge in [-0.05, 0) is 11.1 Å². The second kappa shape index (κ2) is 11.6. The average molecular weight is 498 g/mol. The largest absolute Gasteiger partial charge is 1.00 e. The molecule has 13 heteroatoms. The molecule has 3 unspecified atom stereocenters. The van der Waals surface area contributed by atoms with E-state index in [1.807, 2.05) is 0 Å². The zero-order valence-electron chi connectivity index (χ0n) is 18.2. The van der Waals surface area contributed by atoms with Crippen LogP contribution in [0.1, 0.15) is 17.0 Å². The summed E-state index contributed by atoms with van der Waals surface area (Å²) in [6.07, 6.45) is 0. The fraction of sp³-hybridized carbons (Fsp3) is 0.238. The summed E-state index contributed by atoms with van der Waals surface area (Å²) >= 11 is 0. The van der Waals surface area contributed by atoms with Gasteiger partial charge in [0.15, 0.2) is 22.3 Å². The predicted octanol–water partition coefficient (Wildman–Crippen LogP) is -3.15. The summed E-state index contributed by atoms with van der Waals surface area (Å²) in [5.74, 6) is -6.02. The van der Waals surface area contributed by atoms with Crippen molar-refractivity contribution in [2.75, 3.05) is 7.11 Å². The molecule has 0 aromatic heterocycles. The first-order valence-electron chi connectivity index (χ1n) is 9.58. The van der Waals surface area contributed by atoms with Gasteiger partial charge in [0.2, 0.25) is 5.91 Å². The summed E-state index contributed by atoms with van der Waals surface area (Å²) in [6, 6.07) is 12.9. The number of benzene rings is 2. The van der Waals surface area contributed by atoms with Crippen molar-refractivity contribution in [3.05, 3.63) is 71.8 Å². The number of methoxy groups -OCH3 is 1. The SMILES string of the molecule is COC(=O)C1C(NC(=O)C(C(=O)OCc2ccccc2)c2ccccc2)C(=O)N1S(=O)(=O)[O-].[Na+]. The van der Waals surface area contributed by atoms with Crippen LogP contribution in [0.3, 0.4) is 0 Å². The summed E-state index contributed by atoms with van der Waals surface area (Å²) in [6.45, 7) is -0.119. The molecular formula is C21H19N2NaO9S. The molecular weight excluding hydrogens is 479 g/mol. The van der Waals surface area contributed by atoms with Gasteiger partial charge in [-0.25, -0.2) is 17.5 Å². The number of carbonyl (C=O) groups is 4. The Balaban J connectivity index is 0.00000408. The third-order valence-corrected chi connectivity index (χ3v) is 5.78. The van der Waals surface area contributed by atoms with Crippen LogP contribution in [0.25, 0.3) is 0 Å². The van der Waals surface area contributed by atoms with E-state index in [1.54, 1.807) is 48.5 Å². The molecule has 1 aliphatic rings. The standard InChI is InChI=1S/C21H20N2O9S.Na/c1-31-21(27)17-16(19(25)23(17)33(28,29)30)22-18(24)15(14-10-6-3-7-11-14)20(26)32-12-13-8-4-2-5-9-13;/h2-11,15-17H,12H2,1H3,(H,22,24)(H,28,29,30);/q;+1/p-1. The van der Waals surface area contributed by atoms with Gasteiger partial charge in [-0.1, -0.05) is 60.7 Å². The summed E-state index contributed by atoms with van der Waals surface area (Å²) in [5, 5.41) is 2.18. The van der Waals surface area contributed by atoms with Crippen molar-refractivity contribution in [2.24, 2.45) is 0 Å². The van der Waals surface area contributed by atoms with Gasteiger partial charge in [0.25, 0.3) is 5.91 Å². The first-order chi connectivity index (χ1) is 15.6. The topological polar surface area (TPSA) is 159 Å². The Morgan fingerprint density at radius 3 is 2.15 bits per heavy atom. The zero-order chi connectivity index (χ0) is 24.2. The molecule has 2 aromatic carbocycles. The molecule has 0 saturated carbocycles. The van der Waals surface area contributed by atoms with E-state index in [0.717, 1.165) is 7.11 Å². The number of rotatable bonds is 8. The number of hydrogen-bond acceptors (Lipinski definition) is 9. The number of nitrogens with zero attached hydrogens (tertiary/aromatic N) is 1. The summed E-state index contributed by atoms with van der Waals surface area (Å²) in [4.78, 5) is 50.0. The number of amides is 2. The van der Waals surface area contributed by atoms with Gasteiger partial charge in [-0.2, -0.15) is 0 Å². The molecule has 0 radical (unpaired) electrons. The van der Waals surface area contributed by atoms with E-state index in [4.69, 9.17) is 4.74 Å². The minimum Gasteiger partial charge on any atom is -0.731 e. The van der Waals surface area contributed by atoms with Crippen LogP contribution in [0.4, 0.5) is 0 Å². The smallest absolute Gasteiger partial charge is 0.731 e. The van der Waals surface area contributed by atoms with Gasteiger partial charge in [0.1, 0.15) is 12.6 Å². The summed E-state index contributed by atoms with van der Waals surface area (Å²) in [5.41, 5.74) is 0.914. The first-order valence-corrected chi connectivity index (χ1v) is 10.9. The Labute approximate surface area is 217 Å². The van der Waals surface area contributed by atoms with Crippen molar-refractivity contribution in [3.63, 3.8) is 0 Å². The van der Waals surface area contributed by atoms with Crippen molar-refractivity contribution < 1.29 is 71.2 Å². The van der Waals surface area contributed by atoms with Crippen LogP contribution in [-0.4, -0.2) is 60.2 Å². The molecule has 3 atom stereocenters. The minimum atomic E-state index is -5.33. The number of β-lactam (4-membered cyclic amide) rings is 1. The number of ether oxygens (including phenoxy) is 2. The van der Waals surface area contributed by atoms with Gasteiger partial charge in [-0.3, -0.25) is 14.4 Å². The quantitative estimate of drug-likeness (QED) is 0.130. The Kier molecular flexibility index (Phi) is 9.36. The number of hydrogen-bond donors (Lipinski definition) is 1. The maximum absolute atomic E-state index is 13.0. The third kappa shape index (κ3) is 6.02. The monoisotopic (exact) mass is 498 g/mol. The van der Waals surface area contributed by atoms with E-state index in [2.05, 4.69) is 10.1 Å². The second-order valence-corrected chi connectivity index (χ2v) is 8.23. The number of carbonyl (C=O) groups excluding carboxylic acids is 4. The second-order valence-electron chi connectivity index (χ2n) is 6.98. The molecule has 0 spiro atoms. The molecule has 1 heterocycles. The van der Waals surface area contributed by atoms with Gasteiger partial charge in [0, 0.05) is 0 Å². The Hall–Kier alpha value is -2.77. The number of esters is 2. The van der Waals surface area contributed by atoms with Crippen LogP contribution in [-0.2, 0) is 45.6 Å². The first kappa shape index (κ1) is 27.5. The van der Waals surface area contributed by atoms with Crippen molar-refractivity contribution in [1.82, 2.24) is 9.62 Å². The fourth-order valence-corrected chi connectivity index (χ4v) is 4.11. The molecule has 0 bridgehead atoms. The maximum atomic E-state index is 13.0. The van der Waals surface area contributed by atoms with E-state index in [1.165, 1.54) is 12.1 Å². The van der Waals surface area contributed by atoms with Crippen LogP contribution in [0.2, 0.25) is 0 Å². The van der Waals surface area contributed by atoms with Crippen LogP contribution in [0.5, 0.6) is 0 Å². The molecule has 1 aliphatic heterocycles. The molecule has 1 fully saturated rings. The van der Waals surface area contributed by atoms with Gasteiger partial charge >= 0.3 is 41.5 Å². The van der Waals surface area contributed by atoms with Gasteiger partial charge in [0.05, 0.1) is 7.11 Å². The fourth-order valence-electron chi connectivity index (χ4n) is 3.29. The third-order valence-electron chi connectivity index (χ3n) is 4.89. The van der Waals surface area contributed by atoms with Gasteiger partial charge in [-0.15, -0.1) is 0 Å². The van der Waals surface area contributed by atoms with Crippen molar-refractivity contribution in [1.29, 1.82) is 0 Å². The van der Waals surface area contributed by atoms with E-state index < -0.39 is 52.1 Å². The average Bonchev–Trinajstić information content (AvgIpc) is 2.79.